The fourth-order valence-corrected chi connectivity index (χ4v) is 2.20. The average molecular weight is 267 g/mol. The monoisotopic (exact) mass is 267 g/mol. The molecule has 0 unspecified atom stereocenters. The largest absolute Gasteiger partial charge is 0.494 e. The van der Waals surface area contributed by atoms with Gasteiger partial charge in [0.15, 0.2) is 11.6 Å². The Balaban J connectivity index is 1.82. The summed E-state index contributed by atoms with van der Waals surface area (Å²) in [5.74, 6) is -0.563. The normalized spacial score (nSPS) is 15.5. The standard InChI is InChI=1S/C14H18FNO3/c1-18-13-7-6-10(8-12(13)15)9-14(17)16-19-11-4-2-3-5-11/h6-8,11H,2-5,9H2,1H3,(H,16,17). The second kappa shape index (κ2) is 6.52. The Morgan fingerprint density at radius 1 is 1.42 bits per heavy atom. The quantitative estimate of drug-likeness (QED) is 0.833. The van der Waals surface area contributed by atoms with E-state index in [0.29, 0.717) is 5.56 Å². The van der Waals surface area contributed by atoms with Crippen molar-refractivity contribution in [3.8, 4) is 5.75 Å². The summed E-state index contributed by atoms with van der Waals surface area (Å²) in [5.41, 5.74) is 3.02. The first kappa shape index (κ1) is 13.8. The van der Waals surface area contributed by atoms with Gasteiger partial charge in [-0.2, -0.15) is 0 Å². The zero-order valence-electron chi connectivity index (χ0n) is 10.9. The minimum atomic E-state index is -0.468. The summed E-state index contributed by atoms with van der Waals surface area (Å²) in [7, 11) is 1.40. The van der Waals surface area contributed by atoms with Gasteiger partial charge in [0.05, 0.1) is 19.6 Å². The van der Waals surface area contributed by atoms with Crippen molar-refractivity contribution in [2.75, 3.05) is 7.11 Å². The van der Waals surface area contributed by atoms with Crippen LogP contribution in [0.1, 0.15) is 31.2 Å². The Bertz CT molecular complexity index is 444. The topological polar surface area (TPSA) is 47.6 Å². The van der Waals surface area contributed by atoms with E-state index in [1.807, 2.05) is 0 Å². The number of amides is 1. The number of benzene rings is 1. The van der Waals surface area contributed by atoms with E-state index in [9.17, 15) is 9.18 Å². The second-order valence-corrected chi connectivity index (χ2v) is 4.70. The molecule has 1 aromatic carbocycles. The number of hydrogen-bond acceptors (Lipinski definition) is 3. The van der Waals surface area contributed by atoms with E-state index in [0.717, 1.165) is 25.7 Å². The number of rotatable bonds is 5. The second-order valence-electron chi connectivity index (χ2n) is 4.70. The van der Waals surface area contributed by atoms with Gasteiger partial charge in [-0.3, -0.25) is 9.63 Å². The molecule has 1 aliphatic carbocycles. The summed E-state index contributed by atoms with van der Waals surface area (Å²) in [6, 6.07) is 4.47. The van der Waals surface area contributed by atoms with Crippen LogP contribution in [0.5, 0.6) is 5.75 Å². The van der Waals surface area contributed by atoms with Gasteiger partial charge in [-0.05, 0) is 30.5 Å². The van der Waals surface area contributed by atoms with E-state index in [1.165, 1.54) is 19.2 Å². The van der Waals surface area contributed by atoms with Crippen molar-refractivity contribution in [2.45, 2.75) is 38.2 Å². The lowest BCUT2D eigenvalue weighted by Gasteiger charge is -2.11. The van der Waals surface area contributed by atoms with Crippen molar-refractivity contribution in [2.24, 2.45) is 0 Å². The number of nitrogens with one attached hydrogen (secondary N) is 1. The van der Waals surface area contributed by atoms with Gasteiger partial charge in [-0.1, -0.05) is 18.9 Å². The highest BCUT2D eigenvalue weighted by atomic mass is 19.1. The maximum absolute atomic E-state index is 13.4. The Morgan fingerprint density at radius 3 is 2.79 bits per heavy atom. The van der Waals surface area contributed by atoms with E-state index >= 15 is 0 Å². The Morgan fingerprint density at radius 2 is 2.16 bits per heavy atom. The van der Waals surface area contributed by atoms with Gasteiger partial charge >= 0.3 is 0 Å². The lowest BCUT2D eigenvalue weighted by atomic mass is 10.1. The molecule has 104 valence electrons. The zero-order valence-corrected chi connectivity index (χ0v) is 10.9. The molecular formula is C14H18FNO3. The molecule has 0 aromatic heterocycles. The highest BCUT2D eigenvalue weighted by Crippen LogP contribution is 2.20. The van der Waals surface area contributed by atoms with E-state index in [4.69, 9.17) is 9.57 Å². The molecule has 0 atom stereocenters. The Hall–Kier alpha value is -1.62. The lowest BCUT2D eigenvalue weighted by Crippen LogP contribution is -2.29. The Labute approximate surface area is 111 Å². The van der Waals surface area contributed by atoms with Gasteiger partial charge in [0, 0.05) is 0 Å². The number of carbonyl (C=O) groups is 1. The maximum atomic E-state index is 13.4. The van der Waals surface area contributed by atoms with Crippen molar-refractivity contribution in [3.05, 3.63) is 29.6 Å². The van der Waals surface area contributed by atoms with Crippen LogP contribution in [0.15, 0.2) is 18.2 Å². The van der Waals surface area contributed by atoms with E-state index in [2.05, 4.69) is 5.48 Å². The van der Waals surface area contributed by atoms with Gasteiger partial charge in [0.25, 0.3) is 0 Å². The van der Waals surface area contributed by atoms with Gasteiger partial charge in [0.1, 0.15) is 0 Å². The molecule has 1 aliphatic rings. The van der Waals surface area contributed by atoms with Gasteiger partial charge in [-0.15, -0.1) is 0 Å². The molecule has 0 radical (unpaired) electrons. The first-order chi connectivity index (χ1) is 9.19. The molecule has 0 aliphatic heterocycles. The Kier molecular flexibility index (Phi) is 4.74. The van der Waals surface area contributed by atoms with E-state index < -0.39 is 5.82 Å². The number of carbonyl (C=O) groups excluding carboxylic acids is 1. The lowest BCUT2D eigenvalue weighted by molar-refractivity contribution is -0.137. The third-order valence-electron chi connectivity index (χ3n) is 3.22. The SMILES string of the molecule is COc1ccc(CC(=O)NOC2CCCC2)cc1F. The third kappa shape index (κ3) is 3.92. The molecule has 1 saturated carbocycles. The van der Waals surface area contributed by atoms with Crippen LogP contribution < -0.4 is 10.2 Å². The van der Waals surface area contributed by atoms with E-state index in [-0.39, 0.29) is 24.2 Å². The summed E-state index contributed by atoms with van der Waals surface area (Å²) >= 11 is 0. The van der Waals surface area contributed by atoms with Gasteiger partial charge in [0.2, 0.25) is 5.91 Å². The molecule has 0 saturated heterocycles. The summed E-state index contributed by atoms with van der Waals surface area (Å²) in [4.78, 5) is 16.9. The molecule has 5 heteroatoms. The summed E-state index contributed by atoms with van der Waals surface area (Å²) in [5, 5.41) is 0. The number of halogens is 1. The fourth-order valence-electron chi connectivity index (χ4n) is 2.20. The van der Waals surface area contributed by atoms with Gasteiger partial charge in [-0.25, -0.2) is 9.87 Å². The number of methoxy groups -OCH3 is 1. The van der Waals surface area contributed by atoms with Crippen LogP contribution in [-0.2, 0) is 16.1 Å². The molecule has 0 spiro atoms. The van der Waals surface area contributed by atoms with Crippen molar-refractivity contribution in [1.82, 2.24) is 5.48 Å². The average Bonchev–Trinajstić information content (AvgIpc) is 2.90. The predicted molar refractivity (Wildman–Crippen MR) is 68.1 cm³/mol. The highest BCUT2D eigenvalue weighted by molar-refractivity contribution is 5.77. The van der Waals surface area contributed by atoms with Crippen LogP contribution in [0, 0.1) is 5.82 Å². The zero-order chi connectivity index (χ0) is 13.7. The first-order valence-corrected chi connectivity index (χ1v) is 6.46. The molecule has 1 N–H and O–H groups in total. The molecule has 1 fully saturated rings. The molecule has 1 amide bonds. The minimum absolute atomic E-state index is 0.0909. The van der Waals surface area contributed by atoms with Crippen molar-refractivity contribution < 1.29 is 18.8 Å². The first-order valence-electron chi connectivity index (χ1n) is 6.46. The molecule has 4 nitrogen and oxygen atoms in total. The molecule has 0 bridgehead atoms. The van der Waals surface area contributed by atoms with Crippen LogP contribution >= 0.6 is 0 Å². The van der Waals surface area contributed by atoms with Crippen LogP contribution in [-0.4, -0.2) is 19.1 Å². The summed E-state index contributed by atoms with van der Waals surface area (Å²) in [6.45, 7) is 0. The van der Waals surface area contributed by atoms with Crippen molar-refractivity contribution >= 4 is 5.91 Å². The highest BCUT2D eigenvalue weighted by Gasteiger charge is 2.17. The molecular weight excluding hydrogens is 249 g/mol. The summed E-state index contributed by atoms with van der Waals surface area (Å²) in [6.07, 6.45) is 4.47. The minimum Gasteiger partial charge on any atom is -0.494 e. The maximum Gasteiger partial charge on any atom is 0.247 e. The van der Waals surface area contributed by atoms with Crippen molar-refractivity contribution in [1.29, 1.82) is 0 Å². The number of hydroxylamine groups is 1. The van der Waals surface area contributed by atoms with Gasteiger partial charge < -0.3 is 4.74 Å². The van der Waals surface area contributed by atoms with E-state index in [1.54, 1.807) is 6.07 Å². The summed E-state index contributed by atoms with van der Waals surface area (Å²) < 4.78 is 18.3. The van der Waals surface area contributed by atoms with Crippen LogP contribution in [0.2, 0.25) is 0 Å². The van der Waals surface area contributed by atoms with Crippen molar-refractivity contribution in [3.63, 3.8) is 0 Å². The molecule has 2 rings (SSSR count). The third-order valence-corrected chi connectivity index (χ3v) is 3.22. The fraction of sp³-hybridized carbons (Fsp3) is 0.500. The molecule has 1 aromatic rings. The number of ether oxygens (including phenoxy) is 1. The van der Waals surface area contributed by atoms with Crippen LogP contribution in [0.3, 0.4) is 0 Å². The smallest absolute Gasteiger partial charge is 0.247 e. The van der Waals surface area contributed by atoms with Crippen LogP contribution in [0.4, 0.5) is 4.39 Å². The number of hydrogen-bond donors (Lipinski definition) is 1. The predicted octanol–water partition coefficient (Wildman–Crippen LogP) is 2.37. The molecule has 0 heterocycles. The van der Waals surface area contributed by atoms with Crippen LogP contribution in [0.25, 0.3) is 0 Å². The molecule has 19 heavy (non-hydrogen) atoms.